The molecule has 0 bridgehead atoms. The molecule has 0 N–H and O–H groups in total. The Morgan fingerprint density at radius 1 is 1.29 bits per heavy atom. The molecule has 0 heterocycles. The van der Waals surface area contributed by atoms with E-state index in [9.17, 15) is 9.59 Å². The van der Waals surface area contributed by atoms with Gasteiger partial charge in [0.05, 0.1) is 18.9 Å². The predicted molar refractivity (Wildman–Crippen MR) is 92.6 cm³/mol. The molecule has 24 heavy (non-hydrogen) atoms. The van der Waals surface area contributed by atoms with Crippen molar-refractivity contribution < 1.29 is 19.1 Å². The van der Waals surface area contributed by atoms with Crippen LogP contribution in [0.2, 0.25) is 0 Å². The number of hydrogen-bond donors (Lipinski definition) is 0. The van der Waals surface area contributed by atoms with E-state index in [1.54, 1.807) is 6.92 Å². The highest BCUT2D eigenvalue weighted by Gasteiger charge is 2.36. The normalized spacial score (nSPS) is 20.5. The topological polar surface area (TPSA) is 52.6 Å². The lowest BCUT2D eigenvalue weighted by Crippen LogP contribution is -2.37. The van der Waals surface area contributed by atoms with Crippen LogP contribution in [0.15, 0.2) is 30.4 Å². The molecule has 1 saturated carbocycles. The van der Waals surface area contributed by atoms with Crippen LogP contribution in [0.25, 0.3) is 0 Å². The summed E-state index contributed by atoms with van der Waals surface area (Å²) < 4.78 is 10.7. The number of aryl methyl sites for hydroxylation is 2. The van der Waals surface area contributed by atoms with Crippen LogP contribution in [0.4, 0.5) is 0 Å². The number of benzene rings is 1. The fourth-order valence-corrected chi connectivity index (χ4v) is 3.13. The van der Waals surface area contributed by atoms with E-state index >= 15 is 0 Å². The molecule has 4 heteroatoms. The lowest BCUT2D eigenvalue weighted by molar-refractivity contribution is -0.162. The van der Waals surface area contributed by atoms with Gasteiger partial charge in [-0.05, 0) is 44.7 Å². The second-order valence-electron chi connectivity index (χ2n) is 6.49. The third-order valence-corrected chi connectivity index (χ3v) is 4.45. The van der Waals surface area contributed by atoms with Crippen LogP contribution in [0, 0.1) is 19.8 Å². The van der Waals surface area contributed by atoms with E-state index in [0.29, 0.717) is 19.4 Å². The van der Waals surface area contributed by atoms with Crippen molar-refractivity contribution in [2.24, 2.45) is 5.92 Å². The molecular formula is C20H26O4. The Morgan fingerprint density at radius 2 is 2.04 bits per heavy atom. The van der Waals surface area contributed by atoms with Gasteiger partial charge in [0, 0.05) is 6.42 Å². The van der Waals surface area contributed by atoms with Crippen LogP contribution >= 0.6 is 0 Å². The molecule has 1 aliphatic rings. The van der Waals surface area contributed by atoms with Crippen LogP contribution in [-0.2, 0) is 25.5 Å². The molecule has 1 fully saturated rings. The van der Waals surface area contributed by atoms with Gasteiger partial charge in [-0.25, -0.2) is 0 Å². The zero-order valence-corrected chi connectivity index (χ0v) is 14.8. The minimum atomic E-state index is -0.469. The minimum absolute atomic E-state index is 0.213. The van der Waals surface area contributed by atoms with Crippen molar-refractivity contribution in [3.05, 3.63) is 47.0 Å². The van der Waals surface area contributed by atoms with Gasteiger partial charge >= 0.3 is 11.9 Å². The summed E-state index contributed by atoms with van der Waals surface area (Å²) in [7, 11) is 0. The summed E-state index contributed by atoms with van der Waals surface area (Å²) in [4.78, 5) is 24.4. The zero-order chi connectivity index (χ0) is 17.7. The number of esters is 2. The highest BCUT2D eigenvalue weighted by Crippen LogP contribution is 2.31. The fraction of sp³-hybridized carbons (Fsp3) is 0.500. The van der Waals surface area contributed by atoms with Gasteiger partial charge in [0.1, 0.15) is 6.10 Å². The van der Waals surface area contributed by atoms with Crippen molar-refractivity contribution >= 4 is 11.9 Å². The molecule has 0 spiro atoms. The average molecular weight is 330 g/mol. The van der Waals surface area contributed by atoms with Gasteiger partial charge in [-0.3, -0.25) is 9.59 Å². The zero-order valence-electron chi connectivity index (χ0n) is 14.8. The van der Waals surface area contributed by atoms with Crippen molar-refractivity contribution in [3.8, 4) is 0 Å². The molecule has 1 aliphatic carbocycles. The first kappa shape index (κ1) is 18.2. The second-order valence-corrected chi connectivity index (χ2v) is 6.49. The average Bonchev–Trinajstić information content (AvgIpc) is 2.50. The quantitative estimate of drug-likeness (QED) is 0.610. The highest BCUT2D eigenvalue weighted by molar-refractivity contribution is 5.76. The summed E-state index contributed by atoms with van der Waals surface area (Å²) >= 11 is 0. The van der Waals surface area contributed by atoms with E-state index in [0.717, 1.165) is 28.7 Å². The Hall–Kier alpha value is -2.10. The molecule has 1 aromatic rings. The first-order chi connectivity index (χ1) is 11.4. The largest absolute Gasteiger partial charge is 0.466 e. The number of hydrogen-bond acceptors (Lipinski definition) is 4. The molecule has 1 aromatic carbocycles. The van der Waals surface area contributed by atoms with E-state index in [1.807, 2.05) is 32.0 Å². The molecule has 0 aromatic heterocycles. The van der Waals surface area contributed by atoms with E-state index in [-0.39, 0.29) is 18.4 Å². The van der Waals surface area contributed by atoms with E-state index in [4.69, 9.17) is 9.47 Å². The molecule has 0 amide bonds. The van der Waals surface area contributed by atoms with Gasteiger partial charge < -0.3 is 9.47 Å². The molecule has 0 aliphatic heterocycles. The number of ether oxygens (including phenoxy) is 2. The van der Waals surface area contributed by atoms with Crippen molar-refractivity contribution in [1.29, 1.82) is 0 Å². The van der Waals surface area contributed by atoms with Gasteiger partial charge in [0.15, 0.2) is 0 Å². The number of rotatable bonds is 5. The SMILES string of the molecule is C=C1CCC(C(=O)OCC)C(OC(=O)Cc2ccc(C)cc2C)C1. The van der Waals surface area contributed by atoms with Crippen LogP contribution in [0.5, 0.6) is 0 Å². The Balaban J connectivity index is 2.03. The molecular weight excluding hydrogens is 304 g/mol. The van der Waals surface area contributed by atoms with Crippen molar-refractivity contribution in [3.63, 3.8) is 0 Å². The molecule has 2 rings (SSSR count). The summed E-state index contributed by atoms with van der Waals surface area (Å²) in [6.45, 7) is 10.1. The molecule has 2 atom stereocenters. The van der Waals surface area contributed by atoms with Crippen LogP contribution in [-0.4, -0.2) is 24.6 Å². The third-order valence-electron chi connectivity index (χ3n) is 4.45. The Labute approximate surface area is 143 Å². The molecule has 2 unspecified atom stereocenters. The fourth-order valence-electron chi connectivity index (χ4n) is 3.13. The Bertz CT molecular complexity index is 633. The maximum Gasteiger partial charge on any atom is 0.312 e. The first-order valence-corrected chi connectivity index (χ1v) is 8.49. The van der Waals surface area contributed by atoms with Gasteiger partial charge in [-0.1, -0.05) is 35.9 Å². The number of carbonyl (C=O) groups excluding carboxylic acids is 2. The van der Waals surface area contributed by atoms with Crippen molar-refractivity contribution in [1.82, 2.24) is 0 Å². The monoisotopic (exact) mass is 330 g/mol. The van der Waals surface area contributed by atoms with E-state index in [1.165, 1.54) is 0 Å². The van der Waals surface area contributed by atoms with Crippen molar-refractivity contribution in [2.75, 3.05) is 6.61 Å². The Kier molecular flexibility index (Phi) is 6.18. The minimum Gasteiger partial charge on any atom is -0.466 e. The summed E-state index contributed by atoms with van der Waals surface area (Å²) in [6.07, 6.45) is 1.67. The number of carbonyl (C=O) groups is 2. The maximum absolute atomic E-state index is 12.3. The first-order valence-electron chi connectivity index (χ1n) is 8.49. The smallest absolute Gasteiger partial charge is 0.312 e. The molecule has 0 saturated heterocycles. The standard InChI is InChI=1S/C20H26O4/c1-5-23-20(22)17-9-7-14(3)11-18(17)24-19(21)12-16-8-6-13(2)10-15(16)4/h6,8,10,17-18H,3,5,7,9,11-12H2,1-2,4H3. The second kappa shape index (κ2) is 8.13. The van der Waals surface area contributed by atoms with E-state index in [2.05, 4.69) is 6.58 Å². The lowest BCUT2D eigenvalue weighted by atomic mass is 9.84. The van der Waals surface area contributed by atoms with Crippen molar-refractivity contribution in [2.45, 2.75) is 52.6 Å². The van der Waals surface area contributed by atoms with Crippen LogP contribution in [0.3, 0.4) is 0 Å². The lowest BCUT2D eigenvalue weighted by Gasteiger charge is -2.30. The van der Waals surface area contributed by atoms with Gasteiger partial charge in [0.25, 0.3) is 0 Å². The predicted octanol–water partition coefficient (Wildman–Crippen LogP) is 3.68. The third kappa shape index (κ3) is 4.70. The van der Waals surface area contributed by atoms with E-state index < -0.39 is 12.0 Å². The van der Waals surface area contributed by atoms with Crippen LogP contribution < -0.4 is 0 Å². The van der Waals surface area contributed by atoms with Crippen LogP contribution in [0.1, 0.15) is 42.9 Å². The summed E-state index contributed by atoms with van der Waals surface area (Å²) in [6, 6.07) is 5.99. The summed E-state index contributed by atoms with van der Waals surface area (Å²) in [5, 5.41) is 0. The maximum atomic E-state index is 12.3. The van der Waals surface area contributed by atoms with Gasteiger partial charge in [-0.2, -0.15) is 0 Å². The molecule has 4 nitrogen and oxygen atoms in total. The Morgan fingerprint density at radius 3 is 2.71 bits per heavy atom. The molecule has 0 radical (unpaired) electrons. The molecule has 130 valence electrons. The van der Waals surface area contributed by atoms with Gasteiger partial charge in [0.2, 0.25) is 0 Å². The summed E-state index contributed by atoms with van der Waals surface area (Å²) in [5.74, 6) is -0.983. The highest BCUT2D eigenvalue weighted by atomic mass is 16.6. The van der Waals surface area contributed by atoms with Gasteiger partial charge in [-0.15, -0.1) is 0 Å². The summed E-state index contributed by atoms with van der Waals surface area (Å²) in [5.41, 5.74) is 4.20.